The summed E-state index contributed by atoms with van der Waals surface area (Å²) in [5.41, 5.74) is 1.14. The van der Waals surface area contributed by atoms with Crippen LogP contribution in [0.3, 0.4) is 0 Å². The fraction of sp³-hybridized carbons (Fsp3) is 0.300. The number of hydrogen-bond donors (Lipinski definition) is 3. The highest BCUT2D eigenvalue weighted by Gasteiger charge is 2.18. The average molecular weight is 407 g/mol. The summed E-state index contributed by atoms with van der Waals surface area (Å²) in [6.07, 6.45) is 0. The largest absolute Gasteiger partial charge is 0.497 e. The van der Waals surface area contributed by atoms with Gasteiger partial charge in [0.25, 0.3) is 11.8 Å². The lowest BCUT2D eigenvalue weighted by molar-refractivity contribution is -0.881. The predicted octanol–water partition coefficient (Wildman–Crippen LogP) is 1.84. The van der Waals surface area contributed by atoms with Crippen LogP contribution in [0, 0.1) is 0 Å². The molecule has 0 saturated carbocycles. The third-order valence-electron chi connectivity index (χ3n) is 4.11. The molecule has 3 N–H and O–H groups in total. The van der Waals surface area contributed by atoms with E-state index in [2.05, 4.69) is 10.6 Å². The Bertz CT molecular complexity index is 829. The Labute approximate surface area is 169 Å². The number of halogens is 1. The molecule has 2 rings (SSSR count). The third-order valence-corrected chi connectivity index (χ3v) is 4.35. The number of nitrogens with one attached hydrogen (secondary N) is 3. The summed E-state index contributed by atoms with van der Waals surface area (Å²) in [4.78, 5) is 25.5. The van der Waals surface area contributed by atoms with Gasteiger partial charge in [-0.15, -0.1) is 0 Å². The van der Waals surface area contributed by atoms with Crippen molar-refractivity contribution in [1.29, 1.82) is 0 Å². The molecule has 0 aromatic heterocycles. The van der Waals surface area contributed by atoms with Crippen molar-refractivity contribution in [2.75, 3.05) is 44.5 Å². The zero-order valence-electron chi connectivity index (χ0n) is 16.2. The number of carbonyl (C=O) groups is 2. The van der Waals surface area contributed by atoms with Crippen LogP contribution in [0.25, 0.3) is 0 Å². The number of methoxy groups -OCH3 is 2. The number of rotatable bonds is 9. The van der Waals surface area contributed by atoms with Crippen molar-refractivity contribution in [2.24, 2.45) is 0 Å². The van der Waals surface area contributed by atoms with Gasteiger partial charge < -0.3 is 25.0 Å². The van der Waals surface area contributed by atoms with E-state index in [9.17, 15) is 9.59 Å². The number of likely N-dealkylation sites (N-methyl/N-ethyl adjacent to an activating group) is 1. The second-order valence-electron chi connectivity index (χ2n) is 6.13. The number of hydrogen-bond acceptors (Lipinski definition) is 4. The summed E-state index contributed by atoms with van der Waals surface area (Å²) in [6.45, 7) is 2.83. The lowest BCUT2D eigenvalue weighted by Gasteiger charge is -2.17. The van der Waals surface area contributed by atoms with Gasteiger partial charge in [-0.05, 0) is 37.3 Å². The molecule has 0 aliphatic heterocycles. The van der Waals surface area contributed by atoms with Crippen LogP contribution < -0.4 is 25.0 Å². The molecule has 0 fully saturated rings. The summed E-state index contributed by atoms with van der Waals surface area (Å²) < 4.78 is 10.4. The minimum Gasteiger partial charge on any atom is -0.497 e. The first-order valence-corrected chi connectivity index (χ1v) is 9.23. The lowest BCUT2D eigenvalue weighted by Crippen LogP contribution is -3.13. The molecule has 1 atom stereocenters. The third kappa shape index (κ3) is 6.44. The van der Waals surface area contributed by atoms with E-state index in [0.29, 0.717) is 34.4 Å². The molecule has 7 nitrogen and oxygen atoms in total. The first kappa shape index (κ1) is 21.5. The van der Waals surface area contributed by atoms with Gasteiger partial charge in [0.15, 0.2) is 13.1 Å². The minimum atomic E-state index is -0.230. The lowest BCUT2D eigenvalue weighted by atomic mass is 10.3. The molecule has 8 heteroatoms. The maximum Gasteiger partial charge on any atom is 0.279 e. The van der Waals surface area contributed by atoms with Crippen LogP contribution >= 0.6 is 11.6 Å². The molecule has 2 aromatic carbocycles. The van der Waals surface area contributed by atoms with Crippen LogP contribution in [-0.4, -0.2) is 45.7 Å². The second kappa shape index (κ2) is 10.5. The number of benzene rings is 2. The number of amides is 2. The Morgan fingerprint density at radius 3 is 2.36 bits per heavy atom. The number of anilines is 2. The van der Waals surface area contributed by atoms with Gasteiger partial charge in [-0.3, -0.25) is 9.59 Å². The Hall–Kier alpha value is -2.77. The minimum absolute atomic E-state index is 0.137. The molecule has 1 unspecified atom stereocenters. The SMILES string of the molecule is CC[NH+](CC(=O)Nc1cccc(OC)c1)CC(=O)Nc1cc(Cl)ccc1OC. The van der Waals surface area contributed by atoms with Crippen LogP contribution in [0.15, 0.2) is 42.5 Å². The van der Waals surface area contributed by atoms with Crippen LogP contribution in [0.2, 0.25) is 5.02 Å². The highest BCUT2D eigenvalue weighted by Crippen LogP contribution is 2.27. The molecule has 0 saturated heterocycles. The van der Waals surface area contributed by atoms with Crippen LogP contribution in [-0.2, 0) is 9.59 Å². The van der Waals surface area contributed by atoms with E-state index in [1.807, 2.05) is 6.92 Å². The van der Waals surface area contributed by atoms with Crippen LogP contribution in [0.1, 0.15) is 6.92 Å². The molecule has 0 aliphatic rings. The van der Waals surface area contributed by atoms with E-state index in [1.165, 1.54) is 7.11 Å². The molecule has 0 spiro atoms. The quantitative estimate of drug-likeness (QED) is 0.593. The first-order valence-electron chi connectivity index (χ1n) is 8.86. The zero-order chi connectivity index (χ0) is 20.5. The molecule has 150 valence electrons. The van der Waals surface area contributed by atoms with Gasteiger partial charge in [0.05, 0.1) is 26.5 Å². The van der Waals surface area contributed by atoms with Gasteiger partial charge in [0.2, 0.25) is 0 Å². The Kier molecular flexibility index (Phi) is 8.10. The molecule has 0 radical (unpaired) electrons. The molecule has 2 amide bonds. The van der Waals surface area contributed by atoms with E-state index in [4.69, 9.17) is 21.1 Å². The number of carbonyl (C=O) groups excluding carboxylic acids is 2. The van der Waals surface area contributed by atoms with E-state index in [1.54, 1.807) is 49.6 Å². The molecule has 0 bridgehead atoms. The van der Waals surface area contributed by atoms with E-state index in [0.717, 1.165) is 4.90 Å². The Morgan fingerprint density at radius 1 is 1.00 bits per heavy atom. The van der Waals surface area contributed by atoms with Gasteiger partial charge >= 0.3 is 0 Å². The van der Waals surface area contributed by atoms with E-state index >= 15 is 0 Å². The maximum absolute atomic E-state index is 12.4. The second-order valence-corrected chi connectivity index (χ2v) is 6.57. The fourth-order valence-electron chi connectivity index (χ4n) is 2.64. The Morgan fingerprint density at radius 2 is 1.71 bits per heavy atom. The Balaban J connectivity index is 1.93. The maximum atomic E-state index is 12.4. The zero-order valence-corrected chi connectivity index (χ0v) is 16.9. The van der Waals surface area contributed by atoms with Crippen molar-refractivity contribution >= 4 is 34.8 Å². The van der Waals surface area contributed by atoms with Crippen molar-refractivity contribution in [1.82, 2.24) is 0 Å². The molecule has 0 aliphatic carbocycles. The van der Waals surface area contributed by atoms with Gasteiger partial charge in [-0.1, -0.05) is 17.7 Å². The van der Waals surface area contributed by atoms with Crippen molar-refractivity contribution in [3.63, 3.8) is 0 Å². The number of ether oxygens (including phenoxy) is 2. The van der Waals surface area contributed by atoms with Crippen molar-refractivity contribution in [2.45, 2.75) is 6.92 Å². The van der Waals surface area contributed by atoms with Gasteiger partial charge in [-0.25, -0.2) is 0 Å². The fourth-order valence-corrected chi connectivity index (χ4v) is 2.82. The molecule has 2 aromatic rings. The molecule has 28 heavy (non-hydrogen) atoms. The van der Waals surface area contributed by atoms with E-state index in [-0.39, 0.29) is 24.9 Å². The van der Waals surface area contributed by atoms with Gasteiger partial charge in [-0.2, -0.15) is 0 Å². The number of quaternary nitrogens is 1. The molecular weight excluding hydrogens is 382 g/mol. The van der Waals surface area contributed by atoms with Crippen LogP contribution in [0.4, 0.5) is 11.4 Å². The summed E-state index contributed by atoms with van der Waals surface area (Å²) in [7, 11) is 3.09. The average Bonchev–Trinajstić information content (AvgIpc) is 2.67. The van der Waals surface area contributed by atoms with Gasteiger partial charge in [0, 0.05) is 16.8 Å². The normalized spacial score (nSPS) is 11.4. The molecule has 0 heterocycles. The van der Waals surface area contributed by atoms with Crippen molar-refractivity contribution < 1.29 is 24.0 Å². The molecular formula is C20H25ClN3O4+. The summed E-state index contributed by atoms with van der Waals surface area (Å²) >= 11 is 5.98. The highest BCUT2D eigenvalue weighted by atomic mass is 35.5. The van der Waals surface area contributed by atoms with E-state index < -0.39 is 0 Å². The predicted molar refractivity (Wildman–Crippen MR) is 109 cm³/mol. The first-order chi connectivity index (χ1) is 13.4. The standard InChI is InChI=1S/C20H24ClN3O4/c1-4-24(12-19(25)22-15-6-5-7-16(11-15)27-2)13-20(26)23-17-10-14(21)8-9-18(17)28-3/h5-11H,4,12-13H2,1-3H3,(H,22,25)(H,23,26)/p+1. The highest BCUT2D eigenvalue weighted by molar-refractivity contribution is 6.31. The monoisotopic (exact) mass is 406 g/mol. The summed E-state index contributed by atoms with van der Waals surface area (Å²) in [5.74, 6) is 0.767. The van der Waals surface area contributed by atoms with Crippen molar-refractivity contribution in [3.05, 3.63) is 47.5 Å². The summed E-state index contributed by atoms with van der Waals surface area (Å²) in [6, 6.07) is 12.1. The summed E-state index contributed by atoms with van der Waals surface area (Å²) in [5, 5.41) is 6.10. The van der Waals surface area contributed by atoms with Crippen molar-refractivity contribution in [3.8, 4) is 11.5 Å². The van der Waals surface area contributed by atoms with Crippen LogP contribution in [0.5, 0.6) is 11.5 Å². The smallest absolute Gasteiger partial charge is 0.279 e. The topological polar surface area (TPSA) is 81.1 Å². The van der Waals surface area contributed by atoms with Gasteiger partial charge in [0.1, 0.15) is 11.5 Å².